The van der Waals surface area contributed by atoms with E-state index in [1.807, 2.05) is 30.3 Å². The number of hydrogen-bond acceptors (Lipinski definition) is 5. The van der Waals surface area contributed by atoms with Crippen LogP contribution in [0.25, 0.3) is 27.9 Å². The number of hydrogen-bond donors (Lipinski definition) is 3. The zero-order valence-corrected chi connectivity index (χ0v) is 17.3. The van der Waals surface area contributed by atoms with Crippen LogP contribution in [0, 0.1) is 0 Å². The van der Waals surface area contributed by atoms with Crippen LogP contribution in [0.4, 0.5) is 4.79 Å². The smallest absolute Gasteiger partial charge is 0.434 e. The Morgan fingerprint density at radius 1 is 1.12 bits per heavy atom. The summed E-state index contributed by atoms with van der Waals surface area (Å²) in [4.78, 5) is 42.0. The topological polar surface area (TPSA) is 113 Å². The lowest BCUT2D eigenvalue weighted by Crippen LogP contribution is -2.20. The molecule has 0 saturated heterocycles. The van der Waals surface area contributed by atoms with Crippen LogP contribution in [0.1, 0.15) is 18.1 Å². The van der Waals surface area contributed by atoms with Crippen molar-refractivity contribution in [2.45, 2.75) is 13.5 Å². The minimum absolute atomic E-state index is 0.170. The Balaban J connectivity index is 1.61. The highest BCUT2D eigenvalue weighted by Gasteiger charge is 2.16. The molecule has 0 radical (unpaired) electrons. The van der Waals surface area contributed by atoms with Gasteiger partial charge in [0.15, 0.2) is 5.75 Å². The van der Waals surface area contributed by atoms with Crippen molar-refractivity contribution >= 4 is 39.9 Å². The van der Waals surface area contributed by atoms with Gasteiger partial charge < -0.3 is 24.8 Å². The van der Waals surface area contributed by atoms with Gasteiger partial charge in [0.05, 0.1) is 12.0 Å². The molecular formula is C24H21N3O5. The number of rotatable bonds is 6. The van der Waals surface area contributed by atoms with Crippen molar-refractivity contribution in [2.75, 3.05) is 6.61 Å². The van der Waals surface area contributed by atoms with Gasteiger partial charge in [-0.15, -0.1) is 0 Å². The monoisotopic (exact) mass is 431 g/mol. The van der Waals surface area contributed by atoms with Gasteiger partial charge in [-0.1, -0.05) is 36.4 Å². The van der Waals surface area contributed by atoms with Gasteiger partial charge in [0.25, 0.3) is 5.56 Å². The highest BCUT2D eigenvalue weighted by molar-refractivity contribution is 6.09. The molecule has 2 aromatic carbocycles. The summed E-state index contributed by atoms with van der Waals surface area (Å²) < 4.78 is 10.1. The number of nitrogens with one attached hydrogen (secondary N) is 3. The summed E-state index contributed by atoms with van der Waals surface area (Å²) in [6, 6.07) is 14.9. The average molecular weight is 431 g/mol. The number of aromatic nitrogens is 2. The van der Waals surface area contributed by atoms with Crippen molar-refractivity contribution in [3.63, 3.8) is 0 Å². The number of ether oxygens (including phenoxy) is 2. The Morgan fingerprint density at radius 3 is 2.72 bits per heavy atom. The molecule has 0 spiro atoms. The first-order chi connectivity index (χ1) is 15.5. The third kappa shape index (κ3) is 4.54. The predicted molar refractivity (Wildman–Crippen MR) is 121 cm³/mol. The summed E-state index contributed by atoms with van der Waals surface area (Å²) in [7, 11) is 0. The third-order valence-electron chi connectivity index (χ3n) is 4.82. The van der Waals surface area contributed by atoms with E-state index in [2.05, 4.69) is 15.3 Å². The number of fused-ring (bicyclic) bond motifs is 3. The molecule has 0 bridgehead atoms. The fourth-order valence-corrected chi connectivity index (χ4v) is 3.35. The lowest BCUT2D eigenvalue weighted by molar-refractivity contribution is -0.116. The van der Waals surface area contributed by atoms with Gasteiger partial charge in [0.2, 0.25) is 5.91 Å². The third-order valence-corrected chi connectivity index (χ3v) is 4.82. The summed E-state index contributed by atoms with van der Waals surface area (Å²) in [5.41, 5.74) is 2.26. The Morgan fingerprint density at radius 2 is 1.94 bits per heavy atom. The minimum Gasteiger partial charge on any atom is -0.434 e. The Kier molecular flexibility index (Phi) is 6.03. The first-order valence-electron chi connectivity index (χ1n) is 10.1. The highest BCUT2D eigenvalue weighted by atomic mass is 16.7. The van der Waals surface area contributed by atoms with Gasteiger partial charge in [-0.05, 0) is 36.3 Å². The van der Waals surface area contributed by atoms with Crippen LogP contribution in [0.3, 0.4) is 0 Å². The standard InChI is InChI=1S/C24H21N3O5/c1-2-31-24(30)32-19-14-26-22-21(19)17-12-15(8-10-18(17)27-23(22)29)9-11-20(28)25-13-16-6-4-3-5-7-16/h3-12,14,26H,2,13H2,1H3,(H,25,28)(H,27,29). The molecule has 0 aliphatic carbocycles. The number of amides is 1. The summed E-state index contributed by atoms with van der Waals surface area (Å²) in [6.07, 6.45) is 3.71. The fourth-order valence-electron chi connectivity index (χ4n) is 3.35. The van der Waals surface area contributed by atoms with Crippen molar-refractivity contribution in [1.29, 1.82) is 0 Å². The molecule has 162 valence electrons. The van der Waals surface area contributed by atoms with E-state index >= 15 is 0 Å². The maximum absolute atomic E-state index is 12.4. The first kappa shape index (κ1) is 20.9. The molecule has 4 aromatic rings. The summed E-state index contributed by atoms with van der Waals surface area (Å²) in [5.74, 6) is -0.0372. The predicted octanol–water partition coefficient (Wildman–Crippen LogP) is 3.87. The summed E-state index contributed by atoms with van der Waals surface area (Å²) in [5, 5.41) is 3.95. The Labute approximate surface area is 182 Å². The van der Waals surface area contributed by atoms with Crippen molar-refractivity contribution in [1.82, 2.24) is 15.3 Å². The molecule has 0 saturated carbocycles. The van der Waals surface area contributed by atoms with Crippen LogP contribution >= 0.6 is 0 Å². The van der Waals surface area contributed by atoms with E-state index in [1.54, 1.807) is 31.2 Å². The van der Waals surface area contributed by atoms with Gasteiger partial charge in [-0.3, -0.25) is 9.59 Å². The van der Waals surface area contributed by atoms with Crippen molar-refractivity contribution in [2.24, 2.45) is 0 Å². The van der Waals surface area contributed by atoms with Crippen molar-refractivity contribution in [3.8, 4) is 5.75 Å². The second-order valence-corrected chi connectivity index (χ2v) is 6.98. The maximum Gasteiger partial charge on any atom is 0.513 e. The molecule has 2 heterocycles. The van der Waals surface area contributed by atoms with Crippen LogP contribution in [-0.2, 0) is 16.1 Å². The Bertz CT molecular complexity index is 1370. The van der Waals surface area contributed by atoms with Crippen LogP contribution in [-0.4, -0.2) is 28.6 Å². The second-order valence-electron chi connectivity index (χ2n) is 6.98. The summed E-state index contributed by atoms with van der Waals surface area (Å²) in [6.45, 7) is 2.27. The molecule has 8 heteroatoms. The number of carbonyl (C=O) groups is 2. The number of H-pyrrole nitrogens is 2. The van der Waals surface area contributed by atoms with Crippen molar-refractivity contribution in [3.05, 3.63) is 82.3 Å². The Hall–Kier alpha value is -4.33. The molecule has 1 amide bonds. The zero-order chi connectivity index (χ0) is 22.5. The molecule has 32 heavy (non-hydrogen) atoms. The number of aromatic amines is 2. The molecule has 3 N–H and O–H groups in total. The number of carbonyl (C=O) groups excluding carboxylic acids is 2. The van der Waals surface area contributed by atoms with E-state index in [0.717, 1.165) is 11.1 Å². The number of pyridine rings is 1. The van der Waals surface area contributed by atoms with Crippen LogP contribution < -0.4 is 15.6 Å². The summed E-state index contributed by atoms with van der Waals surface area (Å²) >= 11 is 0. The largest absolute Gasteiger partial charge is 0.513 e. The van der Waals surface area contributed by atoms with E-state index in [1.165, 1.54) is 12.3 Å². The van der Waals surface area contributed by atoms with Gasteiger partial charge in [0, 0.05) is 29.7 Å². The normalized spacial score (nSPS) is 11.2. The minimum atomic E-state index is -0.854. The van der Waals surface area contributed by atoms with E-state index in [4.69, 9.17) is 9.47 Å². The lowest BCUT2D eigenvalue weighted by atomic mass is 10.1. The molecule has 8 nitrogen and oxygen atoms in total. The molecule has 0 unspecified atom stereocenters. The second kappa shape index (κ2) is 9.22. The highest BCUT2D eigenvalue weighted by Crippen LogP contribution is 2.31. The van der Waals surface area contributed by atoms with Crippen LogP contribution in [0.2, 0.25) is 0 Å². The lowest BCUT2D eigenvalue weighted by Gasteiger charge is -2.06. The van der Waals surface area contributed by atoms with E-state index in [0.29, 0.717) is 22.8 Å². The molecule has 2 aromatic heterocycles. The quantitative estimate of drug-likeness (QED) is 0.317. The first-order valence-corrected chi connectivity index (χ1v) is 10.1. The molecule has 4 rings (SSSR count). The average Bonchev–Trinajstić information content (AvgIpc) is 3.22. The fraction of sp³-hybridized carbons (Fsp3) is 0.125. The van der Waals surface area contributed by atoms with Gasteiger partial charge in [0.1, 0.15) is 5.52 Å². The molecule has 0 fully saturated rings. The van der Waals surface area contributed by atoms with Crippen LogP contribution in [0.5, 0.6) is 5.75 Å². The van der Waals surface area contributed by atoms with Crippen molar-refractivity contribution < 1.29 is 19.1 Å². The van der Waals surface area contributed by atoms with Crippen LogP contribution in [0.15, 0.2) is 65.6 Å². The van der Waals surface area contributed by atoms with Gasteiger partial charge in [-0.2, -0.15) is 0 Å². The SMILES string of the molecule is CCOC(=O)Oc1c[nH]c2c(=O)[nH]c3ccc(C=CC(=O)NCc4ccccc4)cc3c12. The van der Waals surface area contributed by atoms with E-state index in [9.17, 15) is 14.4 Å². The van der Waals surface area contributed by atoms with Gasteiger partial charge in [-0.25, -0.2) is 4.79 Å². The van der Waals surface area contributed by atoms with Gasteiger partial charge >= 0.3 is 6.16 Å². The molecule has 0 atom stereocenters. The molecular weight excluding hydrogens is 410 g/mol. The van der Waals surface area contributed by atoms with E-state index < -0.39 is 6.16 Å². The molecule has 0 aliphatic rings. The maximum atomic E-state index is 12.4. The number of benzene rings is 2. The molecule has 0 aliphatic heterocycles. The zero-order valence-electron chi connectivity index (χ0n) is 17.3. The van der Waals surface area contributed by atoms with E-state index in [-0.39, 0.29) is 29.3 Å².